The van der Waals surface area contributed by atoms with E-state index < -0.39 is 0 Å². The van der Waals surface area contributed by atoms with Gasteiger partial charge in [-0.05, 0) is 31.4 Å². The van der Waals surface area contributed by atoms with Crippen LogP contribution in [0.25, 0.3) is 0 Å². The number of aryl methyl sites for hydroxylation is 1. The van der Waals surface area contributed by atoms with E-state index >= 15 is 0 Å². The number of nitrogens with zero attached hydrogens (tertiary/aromatic N) is 2. The summed E-state index contributed by atoms with van der Waals surface area (Å²) in [7, 11) is 0. The fourth-order valence-electron chi connectivity index (χ4n) is 3.20. The van der Waals surface area contributed by atoms with Crippen molar-refractivity contribution in [2.24, 2.45) is 5.41 Å². The first-order chi connectivity index (χ1) is 9.08. The van der Waals surface area contributed by atoms with Gasteiger partial charge in [0.2, 0.25) is 0 Å². The number of anilines is 1. The first-order valence-corrected chi connectivity index (χ1v) is 7.14. The van der Waals surface area contributed by atoms with Crippen LogP contribution in [-0.2, 0) is 0 Å². The molecule has 0 radical (unpaired) electrons. The highest BCUT2D eigenvalue weighted by molar-refractivity contribution is 6.29. The molecule has 19 heavy (non-hydrogen) atoms. The second-order valence-electron chi connectivity index (χ2n) is 5.82. The molecule has 2 heterocycles. The highest BCUT2D eigenvalue weighted by atomic mass is 35.5. The molecule has 2 aliphatic rings. The van der Waals surface area contributed by atoms with Gasteiger partial charge in [-0.3, -0.25) is 0 Å². The van der Waals surface area contributed by atoms with E-state index in [0.717, 1.165) is 24.3 Å². The molecule has 0 unspecified atom stereocenters. The van der Waals surface area contributed by atoms with Crippen molar-refractivity contribution in [3.8, 4) is 0 Å². The van der Waals surface area contributed by atoms with E-state index in [2.05, 4.69) is 10.3 Å². The summed E-state index contributed by atoms with van der Waals surface area (Å²) in [5, 5.41) is 3.36. The third-order valence-electron chi connectivity index (χ3n) is 4.32. The van der Waals surface area contributed by atoms with Crippen molar-refractivity contribution in [3.63, 3.8) is 0 Å². The third-order valence-corrected chi connectivity index (χ3v) is 4.53. The maximum Gasteiger partial charge on any atom is 0.321 e. The summed E-state index contributed by atoms with van der Waals surface area (Å²) in [5.74, 6) is 0. The standard InChI is InChI=1S/C14H18ClN3O/c1-10-6-12(15)16-7-11(10)17-13(19)18-8-14(9-18)4-2-3-5-14/h6-7H,2-5,8-9H2,1H3,(H,17,19). The molecule has 1 aromatic heterocycles. The van der Waals surface area contributed by atoms with Crippen molar-refractivity contribution in [1.82, 2.24) is 9.88 Å². The van der Waals surface area contributed by atoms with Gasteiger partial charge in [0.05, 0.1) is 11.9 Å². The van der Waals surface area contributed by atoms with Crippen LogP contribution in [-0.4, -0.2) is 29.0 Å². The summed E-state index contributed by atoms with van der Waals surface area (Å²) in [5.41, 5.74) is 2.11. The Morgan fingerprint density at radius 2 is 2.11 bits per heavy atom. The highest BCUT2D eigenvalue weighted by Gasteiger charge is 2.46. The minimum Gasteiger partial charge on any atom is -0.323 e. The van der Waals surface area contributed by atoms with E-state index in [0.29, 0.717) is 10.6 Å². The van der Waals surface area contributed by atoms with Crippen LogP contribution in [0.1, 0.15) is 31.2 Å². The number of pyridine rings is 1. The minimum absolute atomic E-state index is 0.0234. The summed E-state index contributed by atoms with van der Waals surface area (Å²) in [6, 6.07) is 1.73. The summed E-state index contributed by atoms with van der Waals surface area (Å²) in [6.45, 7) is 3.72. The fraction of sp³-hybridized carbons (Fsp3) is 0.571. The zero-order chi connectivity index (χ0) is 13.5. The van der Waals surface area contributed by atoms with Crippen LogP contribution in [0.3, 0.4) is 0 Å². The normalized spacial score (nSPS) is 20.4. The first-order valence-electron chi connectivity index (χ1n) is 6.76. The van der Waals surface area contributed by atoms with Crippen LogP contribution >= 0.6 is 11.6 Å². The van der Waals surface area contributed by atoms with Crippen LogP contribution in [0.2, 0.25) is 5.15 Å². The Hall–Kier alpha value is -1.29. The summed E-state index contributed by atoms with van der Waals surface area (Å²) < 4.78 is 0. The number of rotatable bonds is 1. The van der Waals surface area contributed by atoms with E-state index in [4.69, 9.17) is 11.6 Å². The van der Waals surface area contributed by atoms with E-state index in [-0.39, 0.29) is 6.03 Å². The monoisotopic (exact) mass is 279 g/mol. The Morgan fingerprint density at radius 1 is 1.42 bits per heavy atom. The Labute approximate surface area is 118 Å². The average molecular weight is 280 g/mol. The Balaban J connectivity index is 1.60. The number of carbonyl (C=O) groups excluding carboxylic acids is 1. The molecule has 1 saturated carbocycles. The van der Waals surface area contributed by atoms with Crippen molar-refractivity contribution in [2.45, 2.75) is 32.6 Å². The molecule has 2 amide bonds. The predicted octanol–water partition coefficient (Wildman–Crippen LogP) is 3.45. The fourth-order valence-corrected chi connectivity index (χ4v) is 3.41. The van der Waals surface area contributed by atoms with Crippen LogP contribution < -0.4 is 5.32 Å². The van der Waals surface area contributed by atoms with Gasteiger partial charge in [0, 0.05) is 18.5 Å². The summed E-state index contributed by atoms with van der Waals surface area (Å²) in [4.78, 5) is 18.0. The first kappa shape index (κ1) is 12.7. The average Bonchev–Trinajstić information content (AvgIpc) is 2.80. The zero-order valence-electron chi connectivity index (χ0n) is 11.1. The maximum atomic E-state index is 12.1. The largest absolute Gasteiger partial charge is 0.323 e. The Morgan fingerprint density at radius 3 is 2.74 bits per heavy atom. The van der Waals surface area contributed by atoms with Crippen molar-refractivity contribution >= 4 is 23.3 Å². The SMILES string of the molecule is Cc1cc(Cl)ncc1NC(=O)N1CC2(CCCC2)C1. The second kappa shape index (κ2) is 4.67. The quantitative estimate of drug-likeness (QED) is 0.800. The third kappa shape index (κ3) is 2.41. The number of halogens is 1. The minimum atomic E-state index is -0.0234. The van der Waals surface area contributed by atoms with Gasteiger partial charge in [-0.1, -0.05) is 24.4 Å². The molecular formula is C14H18ClN3O. The van der Waals surface area contributed by atoms with E-state index in [1.54, 1.807) is 12.3 Å². The van der Waals surface area contributed by atoms with Crippen LogP contribution in [0, 0.1) is 12.3 Å². The lowest BCUT2D eigenvalue weighted by atomic mass is 9.78. The molecule has 2 fully saturated rings. The lowest BCUT2D eigenvalue weighted by Crippen LogP contribution is -2.58. The smallest absolute Gasteiger partial charge is 0.321 e. The van der Waals surface area contributed by atoms with Crippen molar-refractivity contribution in [1.29, 1.82) is 0 Å². The molecule has 4 nitrogen and oxygen atoms in total. The number of urea groups is 1. The molecule has 1 aromatic rings. The van der Waals surface area contributed by atoms with Crippen LogP contribution in [0.5, 0.6) is 0 Å². The van der Waals surface area contributed by atoms with Gasteiger partial charge >= 0.3 is 6.03 Å². The molecule has 5 heteroatoms. The molecule has 0 atom stereocenters. The lowest BCUT2D eigenvalue weighted by molar-refractivity contribution is 0.0430. The molecule has 3 rings (SSSR count). The molecule has 1 spiro atoms. The maximum absolute atomic E-state index is 12.1. The summed E-state index contributed by atoms with van der Waals surface area (Å²) >= 11 is 5.80. The molecule has 0 bridgehead atoms. The predicted molar refractivity (Wildman–Crippen MR) is 75.5 cm³/mol. The van der Waals surface area contributed by atoms with Gasteiger partial charge in [-0.2, -0.15) is 0 Å². The molecule has 1 aliphatic carbocycles. The van der Waals surface area contributed by atoms with Crippen molar-refractivity contribution < 1.29 is 4.79 Å². The number of carbonyl (C=O) groups is 1. The lowest BCUT2D eigenvalue weighted by Gasteiger charge is -2.48. The van der Waals surface area contributed by atoms with Gasteiger partial charge in [0.15, 0.2) is 0 Å². The zero-order valence-corrected chi connectivity index (χ0v) is 11.8. The second-order valence-corrected chi connectivity index (χ2v) is 6.20. The van der Waals surface area contributed by atoms with Crippen molar-refractivity contribution in [2.75, 3.05) is 18.4 Å². The van der Waals surface area contributed by atoms with Crippen LogP contribution in [0.4, 0.5) is 10.5 Å². The number of likely N-dealkylation sites (tertiary alicyclic amines) is 1. The van der Waals surface area contributed by atoms with Gasteiger partial charge in [0.25, 0.3) is 0 Å². The number of hydrogen-bond acceptors (Lipinski definition) is 2. The molecule has 102 valence electrons. The van der Waals surface area contributed by atoms with Crippen molar-refractivity contribution in [3.05, 3.63) is 23.0 Å². The van der Waals surface area contributed by atoms with Gasteiger partial charge in [0.1, 0.15) is 5.15 Å². The molecule has 1 N–H and O–H groups in total. The number of nitrogens with one attached hydrogen (secondary N) is 1. The summed E-state index contributed by atoms with van der Waals surface area (Å²) in [6.07, 6.45) is 6.79. The van der Waals surface area contributed by atoms with Gasteiger partial charge < -0.3 is 10.2 Å². The number of amides is 2. The highest BCUT2D eigenvalue weighted by Crippen LogP contribution is 2.45. The number of aromatic nitrogens is 1. The molecule has 1 saturated heterocycles. The topological polar surface area (TPSA) is 45.2 Å². The van der Waals surface area contributed by atoms with Gasteiger partial charge in [-0.25, -0.2) is 9.78 Å². The molecule has 0 aromatic carbocycles. The molecular weight excluding hydrogens is 262 g/mol. The molecule has 1 aliphatic heterocycles. The number of hydrogen-bond donors (Lipinski definition) is 1. The van der Waals surface area contributed by atoms with E-state index in [1.807, 2.05) is 11.8 Å². The van der Waals surface area contributed by atoms with E-state index in [1.165, 1.54) is 25.7 Å². The Kier molecular flexibility index (Phi) is 3.13. The Bertz CT molecular complexity index is 503. The van der Waals surface area contributed by atoms with Gasteiger partial charge in [-0.15, -0.1) is 0 Å². The van der Waals surface area contributed by atoms with E-state index in [9.17, 15) is 4.79 Å². The van der Waals surface area contributed by atoms with Crippen LogP contribution in [0.15, 0.2) is 12.3 Å².